The Morgan fingerprint density at radius 3 is 2.82 bits per heavy atom. The third-order valence-corrected chi connectivity index (χ3v) is 2.55. The number of hydrogen-bond acceptors (Lipinski definition) is 3. The molecule has 0 saturated heterocycles. The molecule has 0 aliphatic carbocycles. The molecule has 0 fully saturated rings. The molecule has 0 spiro atoms. The van der Waals surface area contributed by atoms with Crippen molar-refractivity contribution in [2.24, 2.45) is 0 Å². The fourth-order valence-corrected chi connectivity index (χ4v) is 1.60. The first-order valence-electron chi connectivity index (χ1n) is 5.66. The zero-order valence-electron chi connectivity index (χ0n) is 10.5. The van der Waals surface area contributed by atoms with Crippen LogP contribution in [0.25, 0.3) is 0 Å². The van der Waals surface area contributed by atoms with E-state index in [2.05, 4.69) is 5.32 Å². The zero-order chi connectivity index (χ0) is 12.8. The van der Waals surface area contributed by atoms with Crippen molar-refractivity contribution in [3.63, 3.8) is 0 Å². The Labute approximate surface area is 102 Å². The van der Waals surface area contributed by atoms with E-state index >= 15 is 0 Å². The van der Waals surface area contributed by atoms with Gasteiger partial charge in [-0.2, -0.15) is 0 Å². The van der Waals surface area contributed by atoms with Gasteiger partial charge >= 0.3 is 5.97 Å². The van der Waals surface area contributed by atoms with Gasteiger partial charge in [-0.3, -0.25) is 4.79 Å². The van der Waals surface area contributed by atoms with Gasteiger partial charge in [0.1, 0.15) is 5.75 Å². The van der Waals surface area contributed by atoms with Gasteiger partial charge in [-0.1, -0.05) is 6.07 Å². The lowest BCUT2D eigenvalue weighted by Crippen LogP contribution is -2.17. The van der Waals surface area contributed by atoms with Crippen LogP contribution in [-0.4, -0.2) is 24.2 Å². The molecule has 1 aromatic rings. The molecule has 1 rings (SSSR count). The lowest BCUT2D eigenvalue weighted by molar-refractivity contribution is -0.137. The van der Waals surface area contributed by atoms with E-state index in [0.29, 0.717) is 6.42 Å². The number of benzene rings is 1. The van der Waals surface area contributed by atoms with Crippen molar-refractivity contribution in [3.05, 3.63) is 23.8 Å². The maximum atomic E-state index is 10.5. The summed E-state index contributed by atoms with van der Waals surface area (Å²) in [6.45, 7) is 3.96. The molecular formula is C13H19NO3. The number of methoxy groups -OCH3 is 1. The Morgan fingerprint density at radius 2 is 2.24 bits per heavy atom. The highest BCUT2D eigenvalue weighted by Gasteiger charge is 2.08. The Hall–Kier alpha value is -1.71. The van der Waals surface area contributed by atoms with Crippen LogP contribution < -0.4 is 10.1 Å². The Morgan fingerprint density at radius 1 is 1.53 bits per heavy atom. The second kappa shape index (κ2) is 6.13. The van der Waals surface area contributed by atoms with Gasteiger partial charge in [0.25, 0.3) is 0 Å². The van der Waals surface area contributed by atoms with Crippen molar-refractivity contribution in [1.29, 1.82) is 0 Å². The summed E-state index contributed by atoms with van der Waals surface area (Å²) >= 11 is 0. The van der Waals surface area contributed by atoms with Crippen molar-refractivity contribution < 1.29 is 14.6 Å². The second-order valence-corrected chi connectivity index (χ2v) is 4.18. The van der Waals surface area contributed by atoms with Crippen molar-refractivity contribution in [2.75, 3.05) is 12.4 Å². The number of aryl methyl sites for hydroxylation is 1. The molecule has 4 nitrogen and oxygen atoms in total. The summed E-state index contributed by atoms with van der Waals surface area (Å²) in [4.78, 5) is 10.5. The third-order valence-electron chi connectivity index (χ3n) is 2.55. The summed E-state index contributed by atoms with van der Waals surface area (Å²) in [5.74, 6) is 0.0155. The van der Waals surface area contributed by atoms with Gasteiger partial charge in [0.2, 0.25) is 0 Å². The highest BCUT2D eigenvalue weighted by Crippen LogP contribution is 2.26. The van der Waals surface area contributed by atoms with E-state index in [4.69, 9.17) is 9.84 Å². The van der Waals surface area contributed by atoms with Gasteiger partial charge in [0.15, 0.2) is 0 Å². The molecule has 0 aliphatic heterocycles. The molecule has 17 heavy (non-hydrogen) atoms. The molecule has 1 atom stereocenters. The highest BCUT2D eigenvalue weighted by atomic mass is 16.5. The van der Waals surface area contributed by atoms with Crippen molar-refractivity contribution in [2.45, 2.75) is 32.7 Å². The smallest absolute Gasteiger partial charge is 0.303 e. The van der Waals surface area contributed by atoms with E-state index < -0.39 is 5.97 Å². The fraction of sp³-hybridized carbons (Fsp3) is 0.462. The number of carboxylic acid groups (broad SMARTS) is 1. The van der Waals surface area contributed by atoms with Gasteiger partial charge in [-0.15, -0.1) is 0 Å². The average Bonchev–Trinajstić information content (AvgIpc) is 2.28. The molecule has 2 N–H and O–H groups in total. The number of carbonyl (C=O) groups is 1. The molecule has 0 aromatic heterocycles. The standard InChI is InChI=1S/C13H19NO3/c1-9-4-6-11(12(8-9)17-3)14-10(2)5-7-13(15)16/h4,6,8,10,14H,5,7H2,1-3H3,(H,15,16). The summed E-state index contributed by atoms with van der Waals surface area (Å²) < 4.78 is 5.27. The van der Waals surface area contributed by atoms with Crippen LogP contribution in [0.2, 0.25) is 0 Å². The SMILES string of the molecule is COc1cc(C)ccc1NC(C)CCC(=O)O. The van der Waals surface area contributed by atoms with E-state index in [1.165, 1.54) is 0 Å². The first-order valence-corrected chi connectivity index (χ1v) is 5.66. The Bertz CT molecular complexity index is 390. The topological polar surface area (TPSA) is 58.6 Å². The largest absolute Gasteiger partial charge is 0.495 e. The summed E-state index contributed by atoms with van der Waals surface area (Å²) in [5.41, 5.74) is 2.03. The molecular weight excluding hydrogens is 218 g/mol. The molecule has 0 bridgehead atoms. The van der Waals surface area contributed by atoms with Gasteiger partial charge in [-0.05, 0) is 38.0 Å². The maximum absolute atomic E-state index is 10.5. The zero-order valence-corrected chi connectivity index (χ0v) is 10.5. The molecule has 0 amide bonds. The van der Waals surface area contributed by atoms with E-state index in [1.807, 2.05) is 32.0 Å². The quantitative estimate of drug-likeness (QED) is 0.798. The van der Waals surface area contributed by atoms with Crippen LogP contribution in [0.1, 0.15) is 25.3 Å². The minimum atomic E-state index is -0.769. The van der Waals surface area contributed by atoms with Gasteiger partial charge in [-0.25, -0.2) is 0 Å². The molecule has 94 valence electrons. The predicted octanol–water partition coefficient (Wildman–Crippen LogP) is 2.67. The molecule has 4 heteroatoms. The number of carboxylic acids is 1. The minimum Gasteiger partial charge on any atom is -0.495 e. The van der Waals surface area contributed by atoms with Crippen molar-refractivity contribution in [3.8, 4) is 5.75 Å². The summed E-state index contributed by atoms with van der Waals surface area (Å²) in [6, 6.07) is 6.00. The predicted molar refractivity (Wildman–Crippen MR) is 67.7 cm³/mol. The van der Waals surface area contributed by atoms with Crippen LogP contribution in [-0.2, 0) is 4.79 Å². The molecule has 1 unspecified atom stereocenters. The van der Waals surface area contributed by atoms with E-state index in [9.17, 15) is 4.79 Å². The van der Waals surface area contributed by atoms with E-state index in [0.717, 1.165) is 17.0 Å². The van der Waals surface area contributed by atoms with E-state index in [-0.39, 0.29) is 12.5 Å². The second-order valence-electron chi connectivity index (χ2n) is 4.18. The molecule has 0 aliphatic rings. The number of hydrogen-bond donors (Lipinski definition) is 2. The van der Waals surface area contributed by atoms with Gasteiger partial charge in [0.05, 0.1) is 12.8 Å². The third kappa shape index (κ3) is 4.34. The number of ether oxygens (including phenoxy) is 1. The van der Waals surface area contributed by atoms with Gasteiger partial charge < -0.3 is 15.2 Å². The monoisotopic (exact) mass is 237 g/mol. The highest BCUT2D eigenvalue weighted by molar-refractivity contribution is 5.66. The molecule has 0 saturated carbocycles. The lowest BCUT2D eigenvalue weighted by atomic mass is 10.1. The summed E-state index contributed by atoms with van der Waals surface area (Å²) in [5, 5.41) is 11.9. The fourth-order valence-electron chi connectivity index (χ4n) is 1.60. The number of rotatable bonds is 6. The molecule has 0 radical (unpaired) electrons. The number of nitrogens with one attached hydrogen (secondary N) is 1. The summed E-state index contributed by atoms with van der Waals surface area (Å²) in [7, 11) is 1.63. The summed E-state index contributed by atoms with van der Waals surface area (Å²) in [6.07, 6.45) is 0.759. The van der Waals surface area contributed by atoms with Crippen molar-refractivity contribution in [1.82, 2.24) is 0 Å². The molecule has 0 heterocycles. The maximum Gasteiger partial charge on any atom is 0.303 e. The van der Waals surface area contributed by atoms with Crippen LogP contribution in [0.4, 0.5) is 5.69 Å². The Kier molecular flexibility index (Phi) is 4.82. The first kappa shape index (κ1) is 13.4. The number of anilines is 1. The number of aliphatic carboxylic acids is 1. The van der Waals surface area contributed by atoms with Gasteiger partial charge in [0, 0.05) is 12.5 Å². The van der Waals surface area contributed by atoms with Crippen LogP contribution in [0.3, 0.4) is 0 Å². The normalized spacial score (nSPS) is 11.9. The lowest BCUT2D eigenvalue weighted by Gasteiger charge is -2.17. The minimum absolute atomic E-state index is 0.0997. The van der Waals surface area contributed by atoms with Crippen LogP contribution in [0.15, 0.2) is 18.2 Å². The average molecular weight is 237 g/mol. The van der Waals surface area contributed by atoms with Crippen LogP contribution in [0, 0.1) is 6.92 Å². The van der Waals surface area contributed by atoms with E-state index in [1.54, 1.807) is 7.11 Å². The first-order chi connectivity index (χ1) is 8.02. The van der Waals surface area contributed by atoms with Crippen LogP contribution in [0.5, 0.6) is 5.75 Å². The van der Waals surface area contributed by atoms with Crippen molar-refractivity contribution >= 4 is 11.7 Å². The Balaban J connectivity index is 2.64. The molecule has 1 aromatic carbocycles. The van der Waals surface area contributed by atoms with Crippen LogP contribution >= 0.6 is 0 Å².